The van der Waals surface area contributed by atoms with Gasteiger partial charge in [0.05, 0.1) is 0 Å². The van der Waals surface area contributed by atoms with Gasteiger partial charge in [0.2, 0.25) is 0 Å². The Morgan fingerprint density at radius 3 is 2.50 bits per heavy atom. The van der Waals surface area contributed by atoms with Crippen LogP contribution in [0.2, 0.25) is 0 Å². The highest BCUT2D eigenvalue weighted by atomic mass is 16.4. The second kappa shape index (κ2) is 4.00. The van der Waals surface area contributed by atoms with Crippen LogP contribution in [0.15, 0.2) is 12.1 Å². The third-order valence-corrected chi connectivity index (χ3v) is 2.01. The van der Waals surface area contributed by atoms with E-state index in [0.717, 1.165) is 0 Å². The lowest BCUT2D eigenvalue weighted by atomic mass is 10.1. The summed E-state index contributed by atoms with van der Waals surface area (Å²) in [6.07, 6.45) is 0.158. The number of benzene rings is 1. The van der Waals surface area contributed by atoms with Crippen molar-refractivity contribution < 1.29 is 20.1 Å². The van der Waals surface area contributed by atoms with Crippen molar-refractivity contribution in [3.63, 3.8) is 0 Å². The highest BCUT2D eigenvalue weighted by Gasteiger charge is 2.07. The van der Waals surface area contributed by atoms with E-state index >= 15 is 0 Å². The van der Waals surface area contributed by atoms with Crippen LogP contribution in [0.3, 0.4) is 0 Å². The molecule has 76 valence electrons. The van der Waals surface area contributed by atoms with Gasteiger partial charge in [-0.3, -0.25) is 4.79 Å². The summed E-state index contributed by atoms with van der Waals surface area (Å²) in [6, 6.07) is 2.82. The molecular weight excluding hydrogens is 184 g/mol. The van der Waals surface area contributed by atoms with Crippen molar-refractivity contribution in [2.75, 3.05) is 0 Å². The molecule has 14 heavy (non-hydrogen) atoms. The number of hydrogen-bond acceptors (Lipinski definition) is 3. The molecule has 0 saturated carbocycles. The second-order valence-corrected chi connectivity index (χ2v) is 3.16. The number of hydrogen-bond donors (Lipinski definition) is 3. The highest BCUT2D eigenvalue weighted by Crippen LogP contribution is 2.27. The quantitative estimate of drug-likeness (QED) is 0.639. The number of aryl methyl sites for hydroxylation is 2. The number of carboxylic acids is 1. The minimum atomic E-state index is -0.926. The van der Waals surface area contributed by atoms with Gasteiger partial charge >= 0.3 is 5.97 Å². The molecule has 1 rings (SSSR count). The fraction of sp³-hybridized carbons (Fsp3) is 0.300. The maximum Gasteiger partial charge on any atom is 0.303 e. The summed E-state index contributed by atoms with van der Waals surface area (Å²) in [4.78, 5) is 10.3. The van der Waals surface area contributed by atoms with Gasteiger partial charge in [-0.25, -0.2) is 0 Å². The van der Waals surface area contributed by atoms with Crippen LogP contribution in [0, 0.1) is 6.92 Å². The van der Waals surface area contributed by atoms with Gasteiger partial charge in [-0.05, 0) is 36.6 Å². The molecule has 0 atom stereocenters. The van der Waals surface area contributed by atoms with Gasteiger partial charge in [0, 0.05) is 6.42 Å². The van der Waals surface area contributed by atoms with E-state index in [-0.39, 0.29) is 24.3 Å². The van der Waals surface area contributed by atoms with Gasteiger partial charge < -0.3 is 15.3 Å². The molecule has 0 aliphatic heterocycles. The summed E-state index contributed by atoms with van der Waals surface area (Å²) < 4.78 is 0. The third kappa shape index (κ3) is 2.39. The Hall–Kier alpha value is -1.71. The van der Waals surface area contributed by atoms with Crippen molar-refractivity contribution in [1.82, 2.24) is 0 Å². The molecule has 0 fully saturated rings. The zero-order valence-corrected chi connectivity index (χ0v) is 7.82. The Bertz CT molecular complexity index is 357. The molecule has 0 heterocycles. The number of rotatable bonds is 3. The molecule has 0 radical (unpaired) electrons. The largest absolute Gasteiger partial charge is 0.508 e. The van der Waals surface area contributed by atoms with Crippen LogP contribution in [0.5, 0.6) is 11.5 Å². The SMILES string of the molecule is Cc1cc(O)c(CCC(=O)O)cc1O. The van der Waals surface area contributed by atoms with Crippen molar-refractivity contribution in [2.45, 2.75) is 19.8 Å². The normalized spacial score (nSPS) is 10.1. The van der Waals surface area contributed by atoms with Crippen LogP contribution in [-0.2, 0) is 11.2 Å². The van der Waals surface area contributed by atoms with Gasteiger partial charge in [-0.1, -0.05) is 0 Å². The predicted octanol–water partition coefficient (Wildman–Crippen LogP) is 1.42. The first-order chi connectivity index (χ1) is 6.50. The van der Waals surface area contributed by atoms with Crippen LogP contribution in [-0.4, -0.2) is 21.3 Å². The van der Waals surface area contributed by atoms with Crippen LogP contribution >= 0.6 is 0 Å². The zero-order valence-electron chi connectivity index (χ0n) is 7.82. The topological polar surface area (TPSA) is 77.8 Å². The van der Waals surface area contributed by atoms with Crippen LogP contribution in [0.25, 0.3) is 0 Å². The van der Waals surface area contributed by atoms with Crippen molar-refractivity contribution >= 4 is 5.97 Å². The first kappa shape index (κ1) is 10.4. The second-order valence-electron chi connectivity index (χ2n) is 3.16. The minimum Gasteiger partial charge on any atom is -0.508 e. The summed E-state index contributed by atoms with van der Waals surface area (Å²) in [5.74, 6) is -0.825. The Kier molecular flexibility index (Phi) is 2.96. The number of phenolic OH excluding ortho intramolecular Hbond substituents is 2. The lowest BCUT2D eigenvalue weighted by Crippen LogP contribution is -1.97. The maximum absolute atomic E-state index is 10.3. The Morgan fingerprint density at radius 1 is 1.29 bits per heavy atom. The van der Waals surface area contributed by atoms with Crippen LogP contribution in [0.4, 0.5) is 0 Å². The molecular formula is C10H12O4. The van der Waals surface area contributed by atoms with Gasteiger partial charge in [-0.15, -0.1) is 0 Å². The average molecular weight is 196 g/mol. The molecule has 3 N–H and O–H groups in total. The molecule has 0 aliphatic carbocycles. The van der Waals surface area contributed by atoms with Gasteiger partial charge in [0.25, 0.3) is 0 Å². The molecule has 0 unspecified atom stereocenters. The van der Waals surface area contributed by atoms with Crippen LogP contribution in [0.1, 0.15) is 17.5 Å². The average Bonchev–Trinajstić information content (AvgIpc) is 2.09. The highest BCUT2D eigenvalue weighted by molar-refractivity contribution is 5.67. The van der Waals surface area contributed by atoms with Gasteiger partial charge in [0.15, 0.2) is 0 Å². The van der Waals surface area contributed by atoms with E-state index in [0.29, 0.717) is 11.1 Å². The summed E-state index contributed by atoms with van der Waals surface area (Å²) in [6.45, 7) is 1.66. The molecule has 0 aromatic heterocycles. The summed E-state index contributed by atoms with van der Waals surface area (Å²) in [5, 5.41) is 27.2. The van der Waals surface area contributed by atoms with E-state index in [1.807, 2.05) is 0 Å². The maximum atomic E-state index is 10.3. The minimum absolute atomic E-state index is 0.0292. The van der Waals surface area contributed by atoms with E-state index in [2.05, 4.69) is 0 Å². The van der Waals surface area contributed by atoms with Crippen LogP contribution < -0.4 is 0 Å². The summed E-state index contributed by atoms with van der Waals surface area (Å²) in [5.41, 5.74) is 1.03. The number of phenols is 2. The standard InChI is InChI=1S/C10H12O4/c1-6-4-9(12)7(5-8(6)11)2-3-10(13)14/h4-5,11-12H,2-3H2,1H3,(H,13,14). The van der Waals surface area contributed by atoms with Crippen molar-refractivity contribution in [2.24, 2.45) is 0 Å². The number of carbonyl (C=O) groups is 1. The first-order valence-corrected chi connectivity index (χ1v) is 4.24. The van der Waals surface area contributed by atoms with Crippen molar-refractivity contribution in [3.05, 3.63) is 23.3 Å². The number of aliphatic carboxylic acids is 1. The van der Waals surface area contributed by atoms with E-state index < -0.39 is 5.97 Å². The Labute approximate surface area is 81.4 Å². The van der Waals surface area contributed by atoms with Crippen molar-refractivity contribution in [1.29, 1.82) is 0 Å². The van der Waals surface area contributed by atoms with E-state index in [4.69, 9.17) is 5.11 Å². The first-order valence-electron chi connectivity index (χ1n) is 4.24. The predicted molar refractivity (Wildman–Crippen MR) is 50.5 cm³/mol. The van der Waals surface area contributed by atoms with Gasteiger partial charge in [0.1, 0.15) is 11.5 Å². The lowest BCUT2D eigenvalue weighted by Gasteiger charge is -2.05. The monoisotopic (exact) mass is 196 g/mol. The van der Waals surface area contributed by atoms with E-state index in [1.54, 1.807) is 6.92 Å². The number of carboxylic acid groups (broad SMARTS) is 1. The van der Waals surface area contributed by atoms with E-state index in [9.17, 15) is 15.0 Å². The van der Waals surface area contributed by atoms with E-state index in [1.165, 1.54) is 12.1 Å². The molecule has 1 aromatic rings. The zero-order chi connectivity index (χ0) is 10.7. The molecule has 0 amide bonds. The fourth-order valence-electron chi connectivity index (χ4n) is 1.17. The molecule has 0 saturated heterocycles. The molecule has 4 nitrogen and oxygen atoms in total. The number of aromatic hydroxyl groups is 2. The molecule has 0 aliphatic rings. The third-order valence-electron chi connectivity index (χ3n) is 2.01. The molecule has 4 heteroatoms. The molecule has 1 aromatic carbocycles. The smallest absolute Gasteiger partial charge is 0.303 e. The fourth-order valence-corrected chi connectivity index (χ4v) is 1.17. The Balaban J connectivity index is 2.87. The van der Waals surface area contributed by atoms with Crippen molar-refractivity contribution in [3.8, 4) is 11.5 Å². The lowest BCUT2D eigenvalue weighted by molar-refractivity contribution is -0.136. The summed E-state index contributed by atoms with van der Waals surface area (Å²) >= 11 is 0. The Morgan fingerprint density at radius 2 is 1.93 bits per heavy atom. The van der Waals surface area contributed by atoms with Gasteiger partial charge in [-0.2, -0.15) is 0 Å². The summed E-state index contributed by atoms with van der Waals surface area (Å²) in [7, 11) is 0. The molecule has 0 bridgehead atoms. The molecule has 0 spiro atoms.